The summed E-state index contributed by atoms with van der Waals surface area (Å²) in [7, 11) is -39.3. The van der Waals surface area contributed by atoms with Crippen LogP contribution in [0.1, 0.15) is 32.6 Å². The zero-order valence-corrected chi connectivity index (χ0v) is 66.4. The Kier molecular flexibility index (Phi) is 47.4. The van der Waals surface area contributed by atoms with Crippen molar-refractivity contribution in [1.82, 2.24) is 20.4 Å². The molecule has 0 radical (unpaired) electrons. The summed E-state index contributed by atoms with van der Waals surface area (Å²) >= 11 is 0. The van der Waals surface area contributed by atoms with Gasteiger partial charge in [-0.05, 0) is 32.5 Å². The molecular formula is C41H104N5O36P6Si6+. The van der Waals surface area contributed by atoms with Crippen molar-refractivity contribution in [3.05, 3.63) is 0 Å². The Hall–Kier alpha value is 0.411. The zero-order valence-electron chi connectivity index (χ0n) is 55.0. The van der Waals surface area contributed by atoms with Crippen LogP contribution < -0.4 is 16.4 Å². The number of ketones is 3. The van der Waals surface area contributed by atoms with E-state index in [0.717, 1.165) is 25.0 Å². The van der Waals surface area contributed by atoms with Crippen molar-refractivity contribution in [1.29, 1.82) is 0 Å². The molecule has 0 bridgehead atoms. The lowest BCUT2D eigenvalue weighted by Gasteiger charge is -2.40. The van der Waals surface area contributed by atoms with Gasteiger partial charge in [0.25, 0.3) is 0 Å². The second kappa shape index (κ2) is 46.2. The summed E-state index contributed by atoms with van der Waals surface area (Å²) in [5.74, 6) is -1.84. The number of ether oxygens (including phenoxy) is 3. The number of nitrogens with zero attached hydrogens (tertiary/aromatic N) is 2. The smallest absolute Gasteiger partial charge is 0.398 e. The minimum atomic E-state index is -4.84. The summed E-state index contributed by atoms with van der Waals surface area (Å²) in [4.78, 5) is 150. The summed E-state index contributed by atoms with van der Waals surface area (Å²) < 4.78 is 156. The number of hydrogen-bond donors (Lipinski definition) is 15. The molecule has 0 amide bonds. The predicted molar refractivity (Wildman–Crippen MR) is 346 cm³/mol. The molecule has 0 aliphatic heterocycles. The van der Waals surface area contributed by atoms with Gasteiger partial charge in [0, 0.05) is 114 Å². The Morgan fingerprint density at radius 3 is 1.23 bits per heavy atom. The summed E-state index contributed by atoms with van der Waals surface area (Å²) in [5.41, 5.74) is 3.81. The maximum Gasteiger partial charge on any atom is 0.500 e. The Morgan fingerprint density at radius 1 is 0.415 bits per heavy atom. The Labute approximate surface area is 554 Å². The number of carbonyl (C=O) groups excluding carboxylic acids is 3. The van der Waals surface area contributed by atoms with Crippen molar-refractivity contribution in [2.24, 2.45) is 0 Å². The Bertz CT molecular complexity index is 2440. The first kappa shape index (κ1) is 96.5. The number of carbonyl (C=O) groups is 3. The highest BCUT2D eigenvalue weighted by molar-refractivity contribution is 7.53. The van der Waals surface area contributed by atoms with Crippen LogP contribution in [0.4, 0.5) is 0 Å². The van der Waals surface area contributed by atoms with Crippen molar-refractivity contribution in [2.45, 2.75) is 82.0 Å². The third-order valence-electron chi connectivity index (χ3n) is 12.5. The monoisotopic (exact) mass is 1600 g/mol. The highest BCUT2D eigenvalue weighted by atomic mass is 31.2. The molecule has 0 rings (SSSR count). The molecule has 17 N–H and O–H groups in total. The zero-order chi connectivity index (χ0) is 73.0. The topological polar surface area (TPSA) is 593 Å². The van der Waals surface area contributed by atoms with Gasteiger partial charge >= 0.3 is 97.9 Å². The summed E-state index contributed by atoms with van der Waals surface area (Å²) in [6.45, 7) is 5.97. The number of nitrogens with one attached hydrogen (secondary N) is 2. The maximum atomic E-state index is 13.0. The van der Waals surface area contributed by atoms with Crippen molar-refractivity contribution in [3.63, 3.8) is 0 Å². The van der Waals surface area contributed by atoms with Crippen LogP contribution in [0.2, 0.25) is 49.4 Å². The molecule has 562 valence electrons. The highest BCUT2D eigenvalue weighted by Gasteiger charge is 2.59. The molecule has 4 unspecified atom stereocenters. The molecule has 0 aromatic carbocycles. The lowest BCUT2D eigenvalue weighted by Crippen LogP contribution is -2.63. The number of rotatable bonds is 59. The predicted octanol–water partition coefficient (Wildman–Crippen LogP) is -1.72. The fourth-order valence-corrected chi connectivity index (χ4v) is 33.5. The highest BCUT2D eigenvalue weighted by Crippen LogP contribution is 2.43. The van der Waals surface area contributed by atoms with Crippen LogP contribution in [-0.2, 0) is 108 Å². The van der Waals surface area contributed by atoms with Gasteiger partial charge in [0.1, 0.15) is 36.7 Å². The first-order valence-electron chi connectivity index (χ1n) is 28.5. The van der Waals surface area contributed by atoms with Crippen molar-refractivity contribution in [2.75, 3.05) is 167 Å². The van der Waals surface area contributed by atoms with Crippen LogP contribution in [0.3, 0.4) is 0 Å². The molecule has 0 aromatic heterocycles. The van der Waals surface area contributed by atoms with Crippen molar-refractivity contribution in [3.8, 4) is 0 Å². The molecule has 53 heteroatoms. The van der Waals surface area contributed by atoms with E-state index < -0.39 is 172 Å². The molecule has 0 spiro atoms. The normalized spacial score (nSPS) is 15.9. The molecule has 0 heterocycles. The molecule has 0 fully saturated rings. The fourth-order valence-electron chi connectivity index (χ4n) is 7.93. The summed E-state index contributed by atoms with van der Waals surface area (Å²) in [6, 6.07) is -0.801. The van der Waals surface area contributed by atoms with Crippen molar-refractivity contribution < 1.29 is 172 Å². The quantitative estimate of drug-likeness (QED) is 0.0183. The number of Topliss-reactive ketones (excluding diaryl/α,β-unsaturated/α-hetero) is 3. The standard InChI is InChI=1S/C23H60N3O18P3Si3.C18H43N2O18P3Si3/c1-36-48(5,18-15-42-14-8-11-26(22-46(30,31)32)23-47(33,34)35)43-50(39-4,20-17-41-13-7-10-25-21-45(27,28)29)44-49(37-2,38-3)19-16-40-12-6-9-24;1-7-16(21)11-43(34-3,35-4)38-44(36-5,12-17(22)8-19-13-39(24,25)26)37-42(6,33-2)10-18(23)9-20(14-40(27,28)29)15-41(30,31)32/h25H,6-24H2,1-5H3,(H2,27,28,29)(H2,30,31,32)(H2,33,34,35);19H,7-15H2,1-6H3,(H2,24,25,26)(H2,27,28,29)(H2,30,31,32)/p+1. The Morgan fingerprint density at radius 2 is 0.809 bits per heavy atom. The minimum Gasteiger partial charge on any atom is -0.398 e. The van der Waals surface area contributed by atoms with Gasteiger partial charge in [-0.3, -0.25) is 56.9 Å². The van der Waals surface area contributed by atoms with E-state index in [0.29, 0.717) is 43.2 Å². The summed E-state index contributed by atoms with van der Waals surface area (Å²) in [6.07, 6.45) is -3.50. The van der Waals surface area contributed by atoms with E-state index in [-0.39, 0.29) is 63.7 Å². The van der Waals surface area contributed by atoms with Crippen LogP contribution >= 0.6 is 45.6 Å². The van der Waals surface area contributed by atoms with Crippen LogP contribution in [-0.4, -0.2) is 305 Å². The SMILES string of the molecule is CCC(=O)C[Si](OC)(OC)O[Si](CC(=O)CNCP(=O)(O)O)(OC)O[Si](C)(CC(=O)CN(CP(=O)(O)O)CP(=O)(O)O)OC.CO[Si](C)(CCOCCCN(CP(=O)(O)O)CP(=O)(O)O)O[Si](CCOCCCNCP(=O)(O)O)(OC)O[Si](CCOCCC[NH3+])(OC)OC. The van der Waals surface area contributed by atoms with Crippen LogP contribution in [0.5, 0.6) is 0 Å². The molecule has 0 aromatic rings. The molecular weight excluding hydrogens is 1490 g/mol. The van der Waals surface area contributed by atoms with Gasteiger partial charge in [-0.2, -0.15) is 0 Å². The van der Waals surface area contributed by atoms with Gasteiger partial charge in [-0.25, -0.2) is 0 Å². The van der Waals surface area contributed by atoms with Crippen LogP contribution in [0.15, 0.2) is 0 Å². The fraction of sp³-hybridized carbons (Fsp3) is 0.927. The van der Waals surface area contributed by atoms with Gasteiger partial charge < -0.3 is 136 Å². The molecule has 0 saturated heterocycles. The second-order valence-corrected chi connectivity index (χ2v) is 49.9. The number of hydrogen-bond acceptors (Lipinski definition) is 28. The van der Waals surface area contributed by atoms with Gasteiger partial charge in [-0.1, -0.05) is 6.92 Å². The second-order valence-electron chi connectivity index (χ2n) is 21.1. The van der Waals surface area contributed by atoms with E-state index >= 15 is 0 Å². The van der Waals surface area contributed by atoms with Crippen LogP contribution in [0.25, 0.3) is 0 Å². The lowest BCUT2D eigenvalue weighted by atomic mass is 10.4. The third kappa shape index (κ3) is 47.6. The van der Waals surface area contributed by atoms with Gasteiger partial charge in [0.2, 0.25) is 0 Å². The van der Waals surface area contributed by atoms with E-state index in [1.165, 1.54) is 56.3 Å². The van der Waals surface area contributed by atoms with E-state index in [1.54, 1.807) is 13.5 Å². The molecule has 94 heavy (non-hydrogen) atoms. The largest absolute Gasteiger partial charge is 0.500 e. The summed E-state index contributed by atoms with van der Waals surface area (Å²) in [5, 5.41) is 4.98. The Balaban J connectivity index is 0. The minimum absolute atomic E-state index is 0.0151. The molecule has 0 aliphatic rings. The van der Waals surface area contributed by atoms with Gasteiger partial charge in [0.05, 0.1) is 70.2 Å². The average Bonchev–Trinajstić information content (AvgIpc) is 0.812. The molecule has 41 nitrogen and oxygen atoms in total. The van der Waals surface area contributed by atoms with E-state index in [2.05, 4.69) is 16.4 Å². The van der Waals surface area contributed by atoms with E-state index in [1.807, 2.05) is 0 Å². The van der Waals surface area contributed by atoms with Crippen molar-refractivity contribution >= 4 is 115 Å². The van der Waals surface area contributed by atoms with E-state index in [4.69, 9.17) is 85.7 Å². The maximum absolute atomic E-state index is 13.0. The molecule has 0 aliphatic carbocycles. The van der Waals surface area contributed by atoms with Crippen LogP contribution in [0, 0.1) is 0 Å². The van der Waals surface area contributed by atoms with E-state index in [9.17, 15) is 80.9 Å². The lowest BCUT2D eigenvalue weighted by molar-refractivity contribution is -0.369. The number of quaternary nitrogens is 1. The van der Waals surface area contributed by atoms with Gasteiger partial charge in [0.15, 0.2) is 5.78 Å². The van der Waals surface area contributed by atoms with Gasteiger partial charge in [-0.15, -0.1) is 0 Å². The first-order valence-corrected chi connectivity index (χ1v) is 52.1. The average molecular weight is 1600 g/mol. The molecule has 0 saturated carbocycles. The third-order valence-corrected chi connectivity index (χ3v) is 38.6. The first-order chi connectivity index (χ1) is 43.1. The molecule has 4 atom stereocenters.